The monoisotopic (exact) mass is 489 g/mol. The van der Waals surface area contributed by atoms with Crippen molar-refractivity contribution in [3.8, 4) is 0 Å². The zero-order valence-corrected chi connectivity index (χ0v) is 19.7. The number of hydrogen-bond acceptors (Lipinski definition) is 5. The lowest BCUT2D eigenvalue weighted by Gasteiger charge is -2.31. The molecule has 0 radical (unpaired) electrons. The summed E-state index contributed by atoms with van der Waals surface area (Å²) in [5, 5.41) is 2.91. The van der Waals surface area contributed by atoms with Crippen molar-refractivity contribution in [1.29, 1.82) is 0 Å². The number of carbonyl (C=O) groups is 4. The van der Waals surface area contributed by atoms with Crippen LogP contribution < -0.4 is 10.2 Å². The Kier molecular flexibility index (Phi) is 5.62. The van der Waals surface area contributed by atoms with Gasteiger partial charge >= 0.3 is 12.0 Å². The maximum atomic E-state index is 13.8. The van der Waals surface area contributed by atoms with E-state index in [1.54, 1.807) is 63.2 Å². The first kappa shape index (κ1) is 23.1. The molecule has 2 aliphatic heterocycles. The third-order valence-electron chi connectivity index (χ3n) is 5.60. The predicted molar refractivity (Wildman–Crippen MR) is 122 cm³/mol. The molecule has 0 saturated carbocycles. The normalized spacial score (nSPS) is 19.8. The summed E-state index contributed by atoms with van der Waals surface area (Å²) in [6.45, 7) is 4.51. The summed E-state index contributed by atoms with van der Waals surface area (Å²) in [5.74, 6) is -2.01. The highest BCUT2D eigenvalue weighted by Crippen LogP contribution is 2.47. The molecule has 172 valence electrons. The number of ether oxygens (including phenoxy) is 1. The molecule has 0 aromatic heterocycles. The molecule has 1 unspecified atom stereocenters. The minimum absolute atomic E-state index is 0.0889. The van der Waals surface area contributed by atoms with Crippen molar-refractivity contribution in [2.45, 2.75) is 32.9 Å². The molecule has 8 nitrogen and oxygen atoms in total. The lowest BCUT2D eigenvalue weighted by Crippen LogP contribution is -2.55. The summed E-state index contributed by atoms with van der Waals surface area (Å²) in [6, 6.07) is 10.9. The van der Waals surface area contributed by atoms with E-state index in [0.29, 0.717) is 26.9 Å². The van der Waals surface area contributed by atoms with Gasteiger partial charge in [-0.2, -0.15) is 0 Å². The van der Waals surface area contributed by atoms with Gasteiger partial charge in [-0.25, -0.2) is 4.79 Å². The number of benzene rings is 2. The highest BCUT2D eigenvalue weighted by molar-refractivity contribution is 6.42. The lowest BCUT2D eigenvalue weighted by atomic mass is 9.90. The second kappa shape index (κ2) is 8.04. The van der Waals surface area contributed by atoms with E-state index in [0.717, 1.165) is 4.90 Å². The zero-order chi connectivity index (χ0) is 24.1. The van der Waals surface area contributed by atoms with Crippen molar-refractivity contribution in [2.75, 3.05) is 11.6 Å². The predicted octanol–water partition coefficient (Wildman–Crippen LogP) is 3.83. The van der Waals surface area contributed by atoms with Crippen LogP contribution in [0.15, 0.2) is 42.5 Å². The molecule has 1 fully saturated rings. The third-order valence-corrected chi connectivity index (χ3v) is 6.34. The Hall–Kier alpha value is -3.10. The Balaban J connectivity index is 1.75. The molecule has 2 aromatic carbocycles. The molecule has 33 heavy (non-hydrogen) atoms. The smallest absolute Gasteiger partial charge is 0.328 e. The van der Waals surface area contributed by atoms with Crippen molar-refractivity contribution in [1.82, 2.24) is 10.2 Å². The first-order chi connectivity index (χ1) is 15.5. The average molecular weight is 490 g/mol. The third kappa shape index (κ3) is 3.63. The number of amides is 4. The van der Waals surface area contributed by atoms with Crippen molar-refractivity contribution in [2.24, 2.45) is 5.41 Å². The van der Waals surface area contributed by atoms with Gasteiger partial charge in [-0.3, -0.25) is 24.6 Å². The summed E-state index contributed by atoms with van der Waals surface area (Å²) >= 11 is 12.1. The van der Waals surface area contributed by atoms with Crippen LogP contribution >= 0.6 is 23.2 Å². The number of anilines is 1. The minimum Gasteiger partial charge on any atom is -0.444 e. The van der Waals surface area contributed by atoms with Gasteiger partial charge in [-0.15, -0.1) is 0 Å². The van der Waals surface area contributed by atoms with E-state index < -0.39 is 41.5 Å². The molecular weight excluding hydrogens is 469 g/mol. The van der Waals surface area contributed by atoms with Crippen molar-refractivity contribution in [3.63, 3.8) is 0 Å². The van der Waals surface area contributed by atoms with E-state index in [9.17, 15) is 19.2 Å². The molecule has 1 atom stereocenters. The van der Waals surface area contributed by atoms with Gasteiger partial charge in [-0.1, -0.05) is 47.5 Å². The van der Waals surface area contributed by atoms with Crippen molar-refractivity contribution in [3.05, 3.63) is 63.6 Å². The van der Waals surface area contributed by atoms with Gasteiger partial charge in [-0.05, 0) is 44.5 Å². The maximum Gasteiger partial charge on any atom is 0.328 e. The largest absolute Gasteiger partial charge is 0.444 e. The molecule has 4 amide bonds. The summed E-state index contributed by atoms with van der Waals surface area (Å²) in [6.07, 6.45) is 0. The lowest BCUT2D eigenvalue weighted by molar-refractivity contribution is -0.161. The van der Waals surface area contributed by atoms with Gasteiger partial charge in [0.1, 0.15) is 0 Å². The van der Waals surface area contributed by atoms with Crippen LogP contribution in [0, 0.1) is 5.41 Å². The molecule has 0 bridgehead atoms. The number of carbonyl (C=O) groups excluding carboxylic acids is 4. The molecule has 2 aromatic rings. The number of nitrogens with zero attached hydrogens (tertiary/aromatic N) is 2. The summed E-state index contributed by atoms with van der Waals surface area (Å²) in [5.41, 5.74) is -1.34. The first-order valence-electron chi connectivity index (χ1n) is 10.1. The Morgan fingerprint density at radius 1 is 1.06 bits per heavy atom. The Bertz CT molecular complexity index is 1190. The second-order valence-electron chi connectivity index (χ2n) is 8.87. The zero-order valence-electron chi connectivity index (χ0n) is 18.1. The average Bonchev–Trinajstić information content (AvgIpc) is 3.14. The molecule has 2 aliphatic rings. The van der Waals surface area contributed by atoms with Crippen LogP contribution in [0.5, 0.6) is 0 Å². The number of para-hydroxylation sites is 1. The van der Waals surface area contributed by atoms with Crippen LogP contribution in [-0.4, -0.2) is 35.4 Å². The SMILES string of the molecule is CC(C)(C)C(=O)OCN1C(=O)NC(=O)C12C(=O)N(Cc1ccc(Cl)c(Cl)c1)c1ccccc12. The number of halogens is 2. The number of imide groups is 1. The number of esters is 1. The van der Waals surface area contributed by atoms with Crippen LogP contribution in [0.4, 0.5) is 10.5 Å². The second-order valence-corrected chi connectivity index (χ2v) is 9.68. The first-order valence-corrected chi connectivity index (χ1v) is 10.9. The van der Waals surface area contributed by atoms with E-state index in [-0.39, 0.29) is 6.54 Å². The number of urea groups is 1. The molecule has 0 aliphatic carbocycles. The van der Waals surface area contributed by atoms with Gasteiger partial charge in [0.2, 0.25) is 5.54 Å². The van der Waals surface area contributed by atoms with E-state index in [1.807, 2.05) is 0 Å². The number of rotatable bonds is 4. The van der Waals surface area contributed by atoms with E-state index in [2.05, 4.69) is 5.32 Å². The number of hydrogen-bond donors (Lipinski definition) is 1. The Labute approximate surface area is 200 Å². The standard InChI is InChI=1S/C23H21Cl2N3O5/c1-22(2,3)20(31)33-12-28-21(32)26-18(29)23(28)14-6-4-5-7-17(14)27(19(23)30)11-13-8-9-15(24)16(25)10-13/h4-10H,11-12H2,1-3H3,(H,26,29,32). The van der Waals surface area contributed by atoms with Crippen molar-refractivity contribution < 1.29 is 23.9 Å². The highest BCUT2D eigenvalue weighted by Gasteiger charge is 2.66. The minimum atomic E-state index is -1.98. The van der Waals surface area contributed by atoms with E-state index in [4.69, 9.17) is 27.9 Å². The molecule has 10 heteroatoms. The molecule has 1 N–H and O–H groups in total. The fraction of sp³-hybridized carbons (Fsp3) is 0.304. The van der Waals surface area contributed by atoms with Crippen LogP contribution in [0.2, 0.25) is 10.0 Å². The highest BCUT2D eigenvalue weighted by atomic mass is 35.5. The van der Waals surface area contributed by atoms with E-state index in [1.165, 1.54) is 4.90 Å². The van der Waals surface area contributed by atoms with Crippen LogP contribution in [-0.2, 0) is 31.2 Å². The van der Waals surface area contributed by atoms with Gasteiger partial charge in [0.05, 0.1) is 27.7 Å². The molecule has 4 rings (SSSR count). The van der Waals surface area contributed by atoms with Gasteiger partial charge in [0.15, 0.2) is 6.73 Å². The van der Waals surface area contributed by atoms with Crippen molar-refractivity contribution >= 4 is 52.7 Å². The maximum absolute atomic E-state index is 13.8. The fourth-order valence-electron chi connectivity index (χ4n) is 3.92. The summed E-state index contributed by atoms with van der Waals surface area (Å²) in [4.78, 5) is 54.4. The van der Waals surface area contributed by atoms with Crippen LogP contribution in [0.3, 0.4) is 0 Å². The molecular formula is C23H21Cl2N3O5. The quantitative estimate of drug-likeness (QED) is 0.399. The van der Waals surface area contributed by atoms with Crippen LogP contribution in [0.1, 0.15) is 31.9 Å². The summed E-state index contributed by atoms with van der Waals surface area (Å²) < 4.78 is 5.31. The van der Waals surface area contributed by atoms with E-state index >= 15 is 0 Å². The molecule has 2 heterocycles. The topological polar surface area (TPSA) is 96.0 Å². The number of fused-ring (bicyclic) bond motifs is 2. The van der Waals surface area contributed by atoms with Gasteiger partial charge in [0, 0.05) is 5.56 Å². The van der Waals surface area contributed by atoms with Gasteiger partial charge in [0.25, 0.3) is 11.8 Å². The number of nitrogens with one attached hydrogen (secondary N) is 1. The Morgan fingerprint density at radius 2 is 1.76 bits per heavy atom. The fourth-order valence-corrected chi connectivity index (χ4v) is 4.24. The van der Waals surface area contributed by atoms with Gasteiger partial charge < -0.3 is 9.64 Å². The van der Waals surface area contributed by atoms with Crippen LogP contribution in [0.25, 0.3) is 0 Å². The Morgan fingerprint density at radius 3 is 2.42 bits per heavy atom. The molecule has 1 spiro atoms. The summed E-state index contributed by atoms with van der Waals surface area (Å²) in [7, 11) is 0. The molecule has 1 saturated heterocycles.